The molecular weight excluding hydrogens is 322 g/mol. The molecule has 1 aromatic carbocycles. The number of anilines is 1. The minimum absolute atomic E-state index is 0.337. The Bertz CT molecular complexity index is 539. The highest BCUT2D eigenvalue weighted by atomic mass is 79.9. The lowest BCUT2D eigenvalue weighted by Gasteiger charge is -2.27. The molecule has 0 fully saturated rings. The van der Waals surface area contributed by atoms with E-state index in [1.54, 1.807) is 18.3 Å². The zero-order valence-corrected chi connectivity index (χ0v) is 13.7. The molecule has 2 rings (SSSR count). The van der Waals surface area contributed by atoms with Crippen LogP contribution in [0.4, 0.5) is 5.69 Å². The van der Waals surface area contributed by atoms with Crippen molar-refractivity contribution in [3.05, 3.63) is 50.6 Å². The predicted octanol–water partition coefficient (Wildman–Crippen LogP) is 4.76. The molecule has 4 heteroatoms. The first-order valence-electron chi connectivity index (χ1n) is 6.24. The first-order valence-corrected chi connectivity index (χ1v) is 7.91. The van der Waals surface area contributed by atoms with E-state index in [0.717, 1.165) is 15.7 Å². The molecule has 2 nitrogen and oxygen atoms in total. The molecule has 0 radical (unpaired) electrons. The molecule has 0 saturated heterocycles. The molecule has 0 aliphatic rings. The highest BCUT2D eigenvalue weighted by molar-refractivity contribution is 9.10. The van der Waals surface area contributed by atoms with Gasteiger partial charge in [-0.15, -0.1) is 11.3 Å². The second-order valence-electron chi connectivity index (χ2n) is 4.68. The molecule has 19 heavy (non-hydrogen) atoms. The molecule has 1 N–H and O–H groups in total. The summed E-state index contributed by atoms with van der Waals surface area (Å²) in [7, 11) is 2.09. The predicted molar refractivity (Wildman–Crippen MR) is 85.9 cm³/mol. The lowest BCUT2D eigenvalue weighted by Crippen LogP contribution is -2.20. The maximum atomic E-state index is 9.65. The average Bonchev–Trinajstić information content (AvgIpc) is 2.90. The molecule has 0 amide bonds. The summed E-state index contributed by atoms with van der Waals surface area (Å²) in [5.41, 5.74) is 2.05. The van der Waals surface area contributed by atoms with Crippen molar-refractivity contribution in [1.82, 2.24) is 0 Å². The topological polar surface area (TPSA) is 23.5 Å². The molecule has 0 aliphatic heterocycles. The summed E-state index contributed by atoms with van der Waals surface area (Å²) in [6.07, 6.45) is -0.455. The minimum Gasteiger partial charge on any atom is -0.389 e. The normalized spacial score (nSPS) is 14.2. The summed E-state index contributed by atoms with van der Waals surface area (Å²) >= 11 is 5.30. The highest BCUT2D eigenvalue weighted by Crippen LogP contribution is 2.32. The van der Waals surface area contributed by atoms with Crippen LogP contribution >= 0.6 is 27.3 Å². The van der Waals surface area contributed by atoms with Crippen molar-refractivity contribution in [3.63, 3.8) is 0 Å². The van der Waals surface area contributed by atoms with Gasteiger partial charge >= 0.3 is 0 Å². The number of nitrogens with zero attached hydrogens (tertiary/aromatic N) is 1. The number of hydrogen-bond acceptors (Lipinski definition) is 3. The Morgan fingerprint density at radius 3 is 2.53 bits per heavy atom. The number of halogens is 1. The molecule has 2 atom stereocenters. The van der Waals surface area contributed by atoms with Crippen LogP contribution in [0.15, 0.2) is 40.2 Å². The van der Waals surface area contributed by atoms with E-state index in [1.165, 1.54) is 4.88 Å². The first-order chi connectivity index (χ1) is 9.00. The number of hydrogen-bond donors (Lipinski definition) is 1. The molecule has 102 valence electrons. The van der Waals surface area contributed by atoms with Gasteiger partial charge in [-0.2, -0.15) is 0 Å². The van der Waals surface area contributed by atoms with E-state index >= 15 is 0 Å². The third-order valence-corrected chi connectivity index (χ3v) is 5.11. The lowest BCUT2D eigenvalue weighted by molar-refractivity contribution is 0.198. The van der Waals surface area contributed by atoms with E-state index in [9.17, 15) is 5.11 Å². The van der Waals surface area contributed by atoms with Crippen LogP contribution in [-0.2, 0) is 0 Å². The van der Waals surface area contributed by atoms with Crippen molar-refractivity contribution in [1.29, 1.82) is 0 Å². The molecule has 0 spiro atoms. The maximum absolute atomic E-state index is 9.65. The van der Waals surface area contributed by atoms with E-state index in [-0.39, 0.29) is 0 Å². The highest BCUT2D eigenvalue weighted by Gasteiger charge is 2.15. The van der Waals surface area contributed by atoms with Crippen LogP contribution in [0, 0.1) is 0 Å². The Morgan fingerprint density at radius 1 is 1.26 bits per heavy atom. The monoisotopic (exact) mass is 339 g/mol. The molecule has 0 bridgehead atoms. The Balaban J connectivity index is 2.24. The van der Waals surface area contributed by atoms with Crippen molar-refractivity contribution in [2.45, 2.75) is 26.0 Å². The molecule has 0 saturated carbocycles. The molecule has 1 aromatic heterocycles. The SMILES string of the molecule is CC(O)c1ccc(N(C)C(C)c2cccs2)cc1Br. The second-order valence-corrected chi connectivity index (χ2v) is 6.52. The van der Waals surface area contributed by atoms with Gasteiger partial charge in [0.1, 0.15) is 0 Å². The number of benzene rings is 1. The number of rotatable bonds is 4. The van der Waals surface area contributed by atoms with Crippen molar-refractivity contribution in [2.24, 2.45) is 0 Å². The van der Waals surface area contributed by atoms with Gasteiger partial charge in [0.25, 0.3) is 0 Å². The van der Waals surface area contributed by atoms with Crippen molar-refractivity contribution in [3.8, 4) is 0 Å². The van der Waals surface area contributed by atoms with Gasteiger partial charge in [0.2, 0.25) is 0 Å². The number of thiophene rings is 1. The summed E-state index contributed by atoms with van der Waals surface area (Å²) in [6.45, 7) is 3.97. The fourth-order valence-electron chi connectivity index (χ4n) is 2.02. The zero-order valence-electron chi connectivity index (χ0n) is 11.3. The standard InChI is InChI=1S/C15H18BrNOS/c1-10(15-5-4-8-19-15)17(3)12-6-7-13(11(2)18)14(16)9-12/h4-11,18H,1-3H3. The van der Waals surface area contributed by atoms with E-state index in [1.807, 2.05) is 6.07 Å². The van der Waals surface area contributed by atoms with Crippen LogP contribution in [0.2, 0.25) is 0 Å². The maximum Gasteiger partial charge on any atom is 0.0772 e. The van der Waals surface area contributed by atoms with E-state index < -0.39 is 6.10 Å². The quantitative estimate of drug-likeness (QED) is 0.867. The second kappa shape index (κ2) is 6.07. The van der Waals surface area contributed by atoms with Crippen molar-refractivity contribution < 1.29 is 5.11 Å². The van der Waals surface area contributed by atoms with Gasteiger partial charge in [-0.1, -0.05) is 28.1 Å². The molecule has 1 heterocycles. The molecule has 0 aliphatic carbocycles. The first kappa shape index (κ1) is 14.6. The van der Waals surface area contributed by atoms with Crippen molar-refractivity contribution >= 4 is 33.0 Å². The average molecular weight is 340 g/mol. The van der Waals surface area contributed by atoms with Gasteiger partial charge in [0.05, 0.1) is 12.1 Å². The Labute approximate surface area is 126 Å². The van der Waals surface area contributed by atoms with Crippen LogP contribution in [-0.4, -0.2) is 12.2 Å². The van der Waals surface area contributed by atoms with Crippen LogP contribution in [0.3, 0.4) is 0 Å². The van der Waals surface area contributed by atoms with E-state index in [2.05, 4.69) is 64.4 Å². The summed E-state index contributed by atoms with van der Waals surface area (Å²) in [5, 5.41) is 11.8. The van der Waals surface area contributed by atoms with Gasteiger partial charge in [-0.05, 0) is 43.0 Å². The summed E-state index contributed by atoms with van der Waals surface area (Å²) in [4.78, 5) is 3.58. The Hall–Kier alpha value is -0.840. The third-order valence-electron chi connectivity index (χ3n) is 3.38. The molecule has 2 unspecified atom stereocenters. The van der Waals surface area contributed by atoms with Gasteiger partial charge < -0.3 is 10.0 Å². The van der Waals surface area contributed by atoms with Crippen LogP contribution in [0.1, 0.15) is 36.4 Å². The van der Waals surface area contributed by atoms with Gasteiger partial charge in [0, 0.05) is 22.1 Å². The molecular formula is C15H18BrNOS. The van der Waals surface area contributed by atoms with Gasteiger partial charge in [0.15, 0.2) is 0 Å². The summed E-state index contributed by atoms with van der Waals surface area (Å²) in [5.74, 6) is 0. The summed E-state index contributed by atoms with van der Waals surface area (Å²) in [6, 6.07) is 10.7. The third kappa shape index (κ3) is 3.19. The summed E-state index contributed by atoms with van der Waals surface area (Å²) < 4.78 is 0.949. The van der Waals surface area contributed by atoms with Crippen molar-refractivity contribution in [2.75, 3.05) is 11.9 Å². The van der Waals surface area contributed by atoms with E-state index in [4.69, 9.17) is 0 Å². The van der Waals surface area contributed by atoms with Gasteiger partial charge in [-0.3, -0.25) is 0 Å². The lowest BCUT2D eigenvalue weighted by atomic mass is 10.1. The number of aliphatic hydroxyl groups is 1. The van der Waals surface area contributed by atoms with Crippen LogP contribution < -0.4 is 4.90 Å². The van der Waals surface area contributed by atoms with Crippen LogP contribution in [0.25, 0.3) is 0 Å². The minimum atomic E-state index is -0.455. The fourth-order valence-corrected chi connectivity index (χ4v) is 3.54. The Kier molecular flexibility index (Phi) is 4.66. The number of aliphatic hydroxyl groups excluding tert-OH is 1. The Morgan fingerprint density at radius 2 is 2.00 bits per heavy atom. The van der Waals surface area contributed by atoms with Gasteiger partial charge in [-0.25, -0.2) is 0 Å². The van der Waals surface area contributed by atoms with Crippen LogP contribution in [0.5, 0.6) is 0 Å². The fraction of sp³-hybridized carbons (Fsp3) is 0.333. The zero-order chi connectivity index (χ0) is 14.0. The van der Waals surface area contributed by atoms with E-state index in [0.29, 0.717) is 6.04 Å². The largest absolute Gasteiger partial charge is 0.389 e. The smallest absolute Gasteiger partial charge is 0.0772 e. The molecule has 2 aromatic rings.